The minimum atomic E-state index is -2.62. The lowest BCUT2D eigenvalue weighted by Crippen LogP contribution is -2.09. The molecule has 3 nitrogen and oxygen atoms in total. The van der Waals surface area contributed by atoms with Crippen LogP contribution in [0.1, 0.15) is 45.4 Å². The first-order valence-electron chi connectivity index (χ1n) is 4.53. The van der Waals surface area contributed by atoms with Crippen LogP contribution in [-0.2, 0) is 0 Å². The molecule has 1 aliphatic rings. The van der Waals surface area contributed by atoms with Crippen molar-refractivity contribution in [2.45, 2.75) is 45.4 Å². The van der Waals surface area contributed by atoms with Crippen molar-refractivity contribution in [1.29, 1.82) is 0 Å². The van der Waals surface area contributed by atoms with E-state index in [4.69, 9.17) is 14.7 Å². The van der Waals surface area contributed by atoms with E-state index in [-0.39, 0.29) is 0 Å². The van der Waals surface area contributed by atoms with E-state index in [1.807, 2.05) is 0 Å². The van der Waals surface area contributed by atoms with Gasteiger partial charge in [-0.25, -0.2) is 0 Å². The van der Waals surface area contributed by atoms with Crippen LogP contribution in [0.5, 0.6) is 0 Å². The molecule has 0 aromatic carbocycles. The second-order valence-electron chi connectivity index (χ2n) is 3.21. The molecule has 4 heteroatoms. The molecule has 0 bridgehead atoms. The molecule has 0 radical (unpaired) electrons. The summed E-state index contributed by atoms with van der Waals surface area (Å²) < 4.78 is 0. The van der Waals surface area contributed by atoms with Crippen molar-refractivity contribution in [2.24, 2.45) is 5.92 Å². The maximum Gasteiger partial charge on any atom is 0.324 e. The molecular formula is C8H19O3P. The number of rotatable bonds is 3. The fraction of sp³-hybridized carbons (Fsp3) is 1.00. The van der Waals surface area contributed by atoms with Gasteiger partial charge in [0, 0.05) is 0 Å². The van der Waals surface area contributed by atoms with Gasteiger partial charge in [0.2, 0.25) is 0 Å². The Balaban J connectivity index is 0.000000261. The van der Waals surface area contributed by atoms with Gasteiger partial charge in [-0.15, -0.1) is 0 Å². The van der Waals surface area contributed by atoms with Crippen molar-refractivity contribution in [3.05, 3.63) is 0 Å². The Labute approximate surface area is 75.4 Å². The quantitative estimate of drug-likeness (QED) is 0.603. The third-order valence-electron chi connectivity index (χ3n) is 2.19. The third-order valence-corrected chi connectivity index (χ3v) is 2.19. The summed E-state index contributed by atoms with van der Waals surface area (Å²) in [5.74, 6) is 1.13. The van der Waals surface area contributed by atoms with Crippen molar-refractivity contribution in [3.8, 4) is 0 Å². The van der Waals surface area contributed by atoms with Gasteiger partial charge in [-0.2, -0.15) is 0 Å². The van der Waals surface area contributed by atoms with Crippen LogP contribution in [0.3, 0.4) is 0 Å². The molecule has 1 rings (SSSR count). The van der Waals surface area contributed by atoms with Crippen LogP contribution in [0, 0.1) is 5.92 Å². The van der Waals surface area contributed by atoms with E-state index < -0.39 is 8.60 Å². The minimum absolute atomic E-state index is 1.13. The summed E-state index contributed by atoms with van der Waals surface area (Å²) in [6.45, 7) is 2.28. The fourth-order valence-corrected chi connectivity index (χ4v) is 1.27. The SMILES string of the molecule is CCCCC1CCC1.OP(O)O. The molecule has 0 unspecified atom stereocenters. The maximum absolute atomic E-state index is 7.23. The number of unbranched alkanes of at least 4 members (excludes halogenated alkanes) is 1. The zero-order valence-corrected chi connectivity index (χ0v) is 8.50. The van der Waals surface area contributed by atoms with Crippen molar-refractivity contribution >= 4 is 8.60 Å². The molecule has 0 aliphatic heterocycles. The summed E-state index contributed by atoms with van der Waals surface area (Å²) in [5, 5.41) is 0. The van der Waals surface area contributed by atoms with Crippen LogP contribution in [0.2, 0.25) is 0 Å². The summed E-state index contributed by atoms with van der Waals surface area (Å²) in [6.07, 6.45) is 8.92. The first kappa shape index (κ1) is 12.3. The van der Waals surface area contributed by atoms with Crippen molar-refractivity contribution in [1.82, 2.24) is 0 Å². The van der Waals surface area contributed by atoms with E-state index in [2.05, 4.69) is 6.92 Å². The second kappa shape index (κ2) is 7.93. The lowest BCUT2D eigenvalue weighted by molar-refractivity contribution is 0.289. The molecule has 0 aromatic rings. The highest BCUT2D eigenvalue weighted by atomic mass is 31.2. The Bertz CT molecular complexity index is 91.5. The lowest BCUT2D eigenvalue weighted by atomic mass is 9.82. The van der Waals surface area contributed by atoms with Gasteiger partial charge in [-0.05, 0) is 5.92 Å². The van der Waals surface area contributed by atoms with Crippen molar-refractivity contribution in [2.75, 3.05) is 0 Å². The molecule has 12 heavy (non-hydrogen) atoms. The molecule has 74 valence electrons. The Morgan fingerprint density at radius 2 is 1.75 bits per heavy atom. The number of hydrogen-bond acceptors (Lipinski definition) is 3. The summed E-state index contributed by atoms with van der Waals surface area (Å²) in [6, 6.07) is 0. The van der Waals surface area contributed by atoms with E-state index in [1.54, 1.807) is 0 Å². The van der Waals surface area contributed by atoms with E-state index in [0.717, 1.165) is 5.92 Å². The largest absolute Gasteiger partial charge is 0.328 e. The summed E-state index contributed by atoms with van der Waals surface area (Å²) in [4.78, 5) is 21.7. The van der Waals surface area contributed by atoms with E-state index in [0.29, 0.717) is 0 Å². The Morgan fingerprint density at radius 3 is 2.00 bits per heavy atom. The predicted molar refractivity (Wildman–Crippen MR) is 50.4 cm³/mol. The van der Waals surface area contributed by atoms with Gasteiger partial charge in [0.05, 0.1) is 0 Å². The van der Waals surface area contributed by atoms with E-state index >= 15 is 0 Å². The molecule has 1 fully saturated rings. The van der Waals surface area contributed by atoms with Crippen LogP contribution >= 0.6 is 8.60 Å². The van der Waals surface area contributed by atoms with E-state index in [1.165, 1.54) is 38.5 Å². The smallest absolute Gasteiger partial charge is 0.324 e. The average Bonchev–Trinajstić information content (AvgIpc) is 1.83. The molecule has 1 aliphatic carbocycles. The first-order valence-corrected chi connectivity index (χ1v) is 5.73. The maximum atomic E-state index is 7.23. The molecular weight excluding hydrogens is 175 g/mol. The van der Waals surface area contributed by atoms with Crippen molar-refractivity contribution < 1.29 is 14.7 Å². The van der Waals surface area contributed by atoms with Crippen LogP contribution in [0.25, 0.3) is 0 Å². The van der Waals surface area contributed by atoms with Gasteiger partial charge in [-0.1, -0.05) is 45.4 Å². The molecule has 1 saturated carbocycles. The molecule has 0 heterocycles. The molecule has 0 spiro atoms. The molecule has 0 saturated heterocycles. The summed E-state index contributed by atoms with van der Waals surface area (Å²) in [5.41, 5.74) is 0. The minimum Gasteiger partial charge on any atom is -0.328 e. The zero-order chi connectivity index (χ0) is 9.40. The van der Waals surface area contributed by atoms with Crippen LogP contribution in [-0.4, -0.2) is 14.7 Å². The first-order chi connectivity index (χ1) is 5.66. The van der Waals surface area contributed by atoms with Gasteiger partial charge in [0.25, 0.3) is 0 Å². The average molecular weight is 194 g/mol. The normalized spacial score (nSPS) is 16.8. The third kappa shape index (κ3) is 8.41. The number of hydrogen-bond donors (Lipinski definition) is 3. The monoisotopic (exact) mass is 194 g/mol. The molecule has 0 aromatic heterocycles. The van der Waals surface area contributed by atoms with E-state index in [9.17, 15) is 0 Å². The van der Waals surface area contributed by atoms with Gasteiger partial charge >= 0.3 is 8.60 Å². The highest BCUT2D eigenvalue weighted by molar-refractivity contribution is 7.38. The lowest BCUT2D eigenvalue weighted by Gasteiger charge is -2.24. The molecule has 0 atom stereocenters. The Hall–Kier alpha value is 0.310. The topological polar surface area (TPSA) is 60.7 Å². The highest BCUT2D eigenvalue weighted by Gasteiger charge is 2.15. The molecule has 3 N–H and O–H groups in total. The second-order valence-corrected chi connectivity index (χ2v) is 3.74. The molecule has 0 amide bonds. The fourth-order valence-electron chi connectivity index (χ4n) is 1.27. The summed E-state index contributed by atoms with van der Waals surface area (Å²) >= 11 is 0. The van der Waals surface area contributed by atoms with Crippen LogP contribution < -0.4 is 0 Å². The van der Waals surface area contributed by atoms with Crippen LogP contribution in [0.4, 0.5) is 0 Å². The van der Waals surface area contributed by atoms with Gasteiger partial charge in [-0.3, -0.25) is 0 Å². The predicted octanol–water partition coefficient (Wildman–Crippen LogP) is 2.17. The van der Waals surface area contributed by atoms with Gasteiger partial charge in [0.15, 0.2) is 0 Å². The van der Waals surface area contributed by atoms with Crippen LogP contribution in [0.15, 0.2) is 0 Å². The zero-order valence-electron chi connectivity index (χ0n) is 7.61. The van der Waals surface area contributed by atoms with Crippen molar-refractivity contribution in [3.63, 3.8) is 0 Å². The highest BCUT2D eigenvalue weighted by Crippen LogP contribution is 2.30. The van der Waals surface area contributed by atoms with Gasteiger partial charge < -0.3 is 14.7 Å². The van der Waals surface area contributed by atoms with Gasteiger partial charge in [0.1, 0.15) is 0 Å². The Morgan fingerprint density at radius 1 is 1.25 bits per heavy atom. The summed E-state index contributed by atoms with van der Waals surface area (Å²) in [7, 11) is -2.62. The Kier molecular flexibility index (Phi) is 8.14. The standard InChI is InChI=1S/C8H16.H3O3P/c1-2-3-5-8-6-4-7-8;1-4(2)3/h8H,2-7H2,1H3;1-3H.